The van der Waals surface area contributed by atoms with Gasteiger partial charge in [-0.1, -0.05) is 13.3 Å². The number of amides is 1. The van der Waals surface area contributed by atoms with Crippen LogP contribution in [-0.2, 0) is 4.79 Å². The third-order valence-electron chi connectivity index (χ3n) is 2.93. The summed E-state index contributed by atoms with van der Waals surface area (Å²) in [7, 11) is 0. The highest BCUT2D eigenvalue weighted by Gasteiger charge is 2.12. The molecule has 0 saturated carbocycles. The molecular formula is C13H18BrFN2O. The number of halogens is 2. The molecule has 0 fully saturated rings. The molecule has 0 saturated heterocycles. The van der Waals surface area contributed by atoms with Gasteiger partial charge in [0, 0.05) is 12.1 Å². The van der Waals surface area contributed by atoms with Crippen LogP contribution in [0, 0.1) is 18.7 Å². The van der Waals surface area contributed by atoms with E-state index in [4.69, 9.17) is 5.73 Å². The van der Waals surface area contributed by atoms with Crippen molar-refractivity contribution >= 4 is 27.5 Å². The Kier molecular flexibility index (Phi) is 5.75. The number of benzene rings is 1. The van der Waals surface area contributed by atoms with Crippen LogP contribution in [0.4, 0.5) is 10.1 Å². The molecule has 1 amide bonds. The average molecular weight is 317 g/mol. The Morgan fingerprint density at radius 1 is 1.56 bits per heavy atom. The second kappa shape index (κ2) is 6.85. The molecule has 0 aliphatic rings. The van der Waals surface area contributed by atoms with Crippen molar-refractivity contribution in [1.82, 2.24) is 0 Å². The standard InChI is InChI=1S/C13H18BrFN2O/c1-3-9(7-16)5-13(18)17-12-6-10(14)11(15)4-8(12)2/h4,6,9H,3,5,7,16H2,1-2H3,(H,17,18). The maximum atomic E-state index is 13.2. The van der Waals surface area contributed by atoms with Gasteiger partial charge in [-0.25, -0.2) is 4.39 Å². The quantitative estimate of drug-likeness (QED) is 0.876. The van der Waals surface area contributed by atoms with Gasteiger partial charge in [-0.2, -0.15) is 0 Å². The fourth-order valence-corrected chi connectivity index (χ4v) is 1.98. The van der Waals surface area contributed by atoms with E-state index in [0.717, 1.165) is 6.42 Å². The Bertz CT molecular complexity index is 433. The van der Waals surface area contributed by atoms with Crippen molar-refractivity contribution in [1.29, 1.82) is 0 Å². The summed E-state index contributed by atoms with van der Waals surface area (Å²) in [6, 6.07) is 2.96. The van der Waals surface area contributed by atoms with E-state index in [0.29, 0.717) is 28.7 Å². The lowest BCUT2D eigenvalue weighted by Gasteiger charge is -2.13. The second-order valence-corrected chi connectivity index (χ2v) is 5.20. The van der Waals surface area contributed by atoms with Gasteiger partial charge in [0.1, 0.15) is 5.82 Å². The van der Waals surface area contributed by atoms with E-state index in [1.54, 1.807) is 13.0 Å². The number of carbonyl (C=O) groups is 1. The van der Waals surface area contributed by atoms with Crippen LogP contribution in [0.1, 0.15) is 25.3 Å². The predicted octanol–water partition coefficient (Wildman–Crippen LogP) is 3.21. The van der Waals surface area contributed by atoms with Crippen molar-refractivity contribution < 1.29 is 9.18 Å². The number of hydrogen-bond acceptors (Lipinski definition) is 2. The first kappa shape index (κ1) is 15.1. The average Bonchev–Trinajstić information content (AvgIpc) is 2.33. The van der Waals surface area contributed by atoms with Crippen molar-refractivity contribution in [2.24, 2.45) is 11.7 Å². The highest BCUT2D eigenvalue weighted by Crippen LogP contribution is 2.24. The molecule has 18 heavy (non-hydrogen) atoms. The zero-order chi connectivity index (χ0) is 13.7. The van der Waals surface area contributed by atoms with Gasteiger partial charge < -0.3 is 11.1 Å². The summed E-state index contributed by atoms with van der Waals surface area (Å²) in [5.41, 5.74) is 6.89. The lowest BCUT2D eigenvalue weighted by molar-refractivity contribution is -0.117. The molecule has 100 valence electrons. The van der Waals surface area contributed by atoms with Gasteiger partial charge in [0.15, 0.2) is 0 Å². The number of aryl methyl sites for hydroxylation is 1. The van der Waals surface area contributed by atoms with E-state index in [2.05, 4.69) is 21.2 Å². The molecule has 1 aromatic rings. The maximum absolute atomic E-state index is 13.2. The largest absolute Gasteiger partial charge is 0.330 e. The van der Waals surface area contributed by atoms with Crippen molar-refractivity contribution in [2.75, 3.05) is 11.9 Å². The molecule has 0 radical (unpaired) electrons. The summed E-state index contributed by atoms with van der Waals surface area (Å²) in [5, 5.41) is 2.79. The Labute approximate surface area is 115 Å². The van der Waals surface area contributed by atoms with Gasteiger partial charge in [0.05, 0.1) is 4.47 Å². The summed E-state index contributed by atoms with van der Waals surface area (Å²) >= 11 is 3.10. The molecule has 1 rings (SSSR count). The summed E-state index contributed by atoms with van der Waals surface area (Å²) in [5.74, 6) is -0.234. The van der Waals surface area contributed by atoms with Gasteiger partial charge >= 0.3 is 0 Å². The Morgan fingerprint density at radius 3 is 2.78 bits per heavy atom. The van der Waals surface area contributed by atoms with Gasteiger partial charge in [-0.3, -0.25) is 4.79 Å². The minimum Gasteiger partial charge on any atom is -0.330 e. The normalized spacial score (nSPS) is 12.3. The van der Waals surface area contributed by atoms with Gasteiger partial charge in [0.25, 0.3) is 0 Å². The first-order chi connectivity index (χ1) is 8.47. The smallest absolute Gasteiger partial charge is 0.224 e. The molecule has 0 heterocycles. The molecule has 0 aliphatic carbocycles. The van der Waals surface area contributed by atoms with Gasteiger partial charge in [-0.15, -0.1) is 0 Å². The minimum atomic E-state index is -0.334. The van der Waals surface area contributed by atoms with Crippen LogP contribution in [0.2, 0.25) is 0 Å². The Morgan fingerprint density at radius 2 is 2.22 bits per heavy atom. The zero-order valence-corrected chi connectivity index (χ0v) is 12.2. The number of nitrogens with one attached hydrogen (secondary N) is 1. The van der Waals surface area contributed by atoms with E-state index in [1.165, 1.54) is 6.07 Å². The monoisotopic (exact) mass is 316 g/mol. The third kappa shape index (κ3) is 4.07. The zero-order valence-electron chi connectivity index (χ0n) is 10.6. The first-order valence-corrected chi connectivity index (χ1v) is 6.72. The topological polar surface area (TPSA) is 55.1 Å². The summed E-state index contributed by atoms with van der Waals surface area (Å²) in [6.45, 7) is 4.26. The Balaban J connectivity index is 2.73. The number of rotatable bonds is 5. The lowest BCUT2D eigenvalue weighted by Crippen LogP contribution is -2.22. The number of hydrogen-bond donors (Lipinski definition) is 2. The van der Waals surface area contributed by atoms with E-state index in [1.807, 2.05) is 6.92 Å². The molecule has 5 heteroatoms. The molecule has 0 bridgehead atoms. The fraction of sp³-hybridized carbons (Fsp3) is 0.462. The van der Waals surface area contributed by atoms with Gasteiger partial charge in [0.2, 0.25) is 5.91 Å². The van der Waals surface area contributed by atoms with Crippen LogP contribution in [-0.4, -0.2) is 12.5 Å². The maximum Gasteiger partial charge on any atom is 0.224 e. The highest BCUT2D eigenvalue weighted by atomic mass is 79.9. The van der Waals surface area contributed by atoms with Crippen molar-refractivity contribution in [3.63, 3.8) is 0 Å². The Hall–Kier alpha value is -0.940. The molecule has 3 nitrogen and oxygen atoms in total. The van der Waals surface area contributed by atoms with Crippen LogP contribution < -0.4 is 11.1 Å². The summed E-state index contributed by atoms with van der Waals surface area (Å²) < 4.78 is 13.6. The van der Waals surface area contributed by atoms with Crippen LogP contribution in [0.3, 0.4) is 0 Å². The summed E-state index contributed by atoms with van der Waals surface area (Å²) in [6.07, 6.45) is 1.26. The van der Waals surface area contributed by atoms with E-state index in [-0.39, 0.29) is 17.6 Å². The van der Waals surface area contributed by atoms with Crippen LogP contribution in [0.5, 0.6) is 0 Å². The SMILES string of the molecule is CCC(CN)CC(=O)Nc1cc(Br)c(F)cc1C. The third-order valence-corrected chi connectivity index (χ3v) is 3.53. The summed E-state index contributed by atoms with van der Waals surface area (Å²) in [4.78, 5) is 11.8. The van der Waals surface area contributed by atoms with E-state index < -0.39 is 0 Å². The lowest BCUT2D eigenvalue weighted by atomic mass is 10.0. The second-order valence-electron chi connectivity index (χ2n) is 4.34. The number of carbonyl (C=O) groups excluding carboxylic acids is 1. The van der Waals surface area contributed by atoms with E-state index in [9.17, 15) is 9.18 Å². The first-order valence-electron chi connectivity index (χ1n) is 5.93. The van der Waals surface area contributed by atoms with Crippen molar-refractivity contribution in [2.45, 2.75) is 26.7 Å². The van der Waals surface area contributed by atoms with E-state index >= 15 is 0 Å². The molecular weight excluding hydrogens is 299 g/mol. The number of anilines is 1. The fourth-order valence-electron chi connectivity index (χ4n) is 1.64. The molecule has 1 unspecified atom stereocenters. The molecule has 3 N–H and O–H groups in total. The minimum absolute atomic E-state index is 0.0890. The van der Waals surface area contributed by atoms with Crippen LogP contribution in [0.25, 0.3) is 0 Å². The molecule has 1 aromatic carbocycles. The number of nitrogens with two attached hydrogens (primary N) is 1. The predicted molar refractivity (Wildman–Crippen MR) is 74.9 cm³/mol. The highest BCUT2D eigenvalue weighted by molar-refractivity contribution is 9.10. The molecule has 0 spiro atoms. The molecule has 1 atom stereocenters. The van der Waals surface area contributed by atoms with Crippen molar-refractivity contribution in [3.05, 3.63) is 28.0 Å². The molecule has 0 aromatic heterocycles. The van der Waals surface area contributed by atoms with Crippen molar-refractivity contribution in [3.8, 4) is 0 Å². The van der Waals surface area contributed by atoms with Crippen LogP contribution >= 0.6 is 15.9 Å². The van der Waals surface area contributed by atoms with Crippen LogP contribution in [0.15, 0.2) is 16.6 Å². The molecule has 0 aliphatic heterocycles. The van der Waals surface area contributed by atoms with Gasteiger partial charge in [-0.05, 0) is 53.0 Å².